The number of carbonyl (C=O) groups is 2. The Morgan fingerprint density at radius 2 is 1.86 bits per heavy atom. The van der Waals surface area contributed by atoms with Gasteiger partial charge in [-0.3, -0.25) is 4.79 Å². The fourth-order valence-electron chi connectivity index (χ4n) is 2.73. The number of carboxylic acid groups (broad SMARTS) is 1. The Balaban J connectivity index is 2.34. The van der Waals surface area contributed by atoms with Crippen LogP contribution >= 0.6 is 0 Å². The molecule has 6 nitrogen and oxygen atoms in total. The summed E-state index contributed by atoms with van der Waals surface area (Å²) >= 11 is 0. The van der Waals surface area contributed by atoms with Crippen LogP contribution in [0, 0.1) is 11.8 Å². The number of hydrogen-bond acceptors (Lipinski definition) is 3. The van der Waals surface area contributed by atoms with Gasteiger partial charge in [0, 0.05) is 18.6 Å². The molecule has 122 valence electrons. The van der Waals surface area contributed by atoms with Crippen molar-refractivity contribution < 1.29 is 14.7 Å². The lowest BCUT2D eigenvalue weighted by molar-refractivity contribution is -0.142. The van der Waals surface area contributed by atoms with Crippen molar-refractivity contribution in [3.05, 3.63) is 0 Å². The maximum absolute atomic E-state index is 11.8. The van der Waals surface area contributed by atoms with Crippen molar-refractivity contribution >= 4 is 12.0 Å². The predicted octanol–water partition coefficient (Wildman–Crippen LogP) is 1.52. The fourth-order valence-corrected chi connectivity index (χ4v) is 2.73. The molecule has 0 heterocycles. The van der Waals surface area contributed by atoms with Gasteiger partial charge in [0.15, 0.2) is 0 Å². The zero-order chi connectivity index (χ0) is 16.0. The Morgan fingerprint density at radius 1 is 1.24 bits per heavy atom. The van der Waals surface area contributed by atoms with Gasteiger partial charge >= 0.3 is 12.0 Å². The smallest absolute Gasteiger partial charge is 0.314 e. The van der Waals surface area contributed by atoms with Crippen molar-refractivity contribution in [2.75, 3.05) is 27.2 Å². The average molecular weight is 299 g/mol. The van der Waals surface area contributed by atoms with Crippen molar-refractivity contribution in [1.29, 1.82) is 0 Å². The lowest BCUT2D eigenvalue weighted by Crippen LogP contribution is -2.58. The molecule has 0 radical (unpaired) electrons. The quantitative estimate of drug-likeness (QED) is 0.634. The Bertz CT molecular complexity index is 365. The van der Waals surface area contributed by atoms with E-state index in [1.54, 1.807) is 0 Å². The van der Waals surface area contributed by atoms with Crippen LogP contribution in [0.3, 0.4) is 0 Å². The molecule has 0 saturated heterocycles. The first-order chi connectivity index (χ1) is 9.77. The third-order valence-corrected chi connectivity index (χ3v) is 4.43. The van der Waals surface area contributed by atoms with Crippen LogP contribution in [-0.2, 0) is 4.79 Å². The number of carbonyl (C=O) groups excluding carboxylic acids is 1. The second-order valence-corrected chi connectivity index (χ2v) is 6.70. The van der Waals surface area contributed by atoms with Gasteiger partial charge in [0.05, 0.1) is 5.92 Å². The van der Waals surface area contributed by atoms with E-state index in [0.717, 1.165) is 12.8 Å². The molecule has 2 amide bonds. The third kappa shape index (κ3) is 5.19. The summed E-state index contributed by atoms with van der Waals surface area (Å²) in [5.41, 5.74) is 0.0709. The maximum Gasteiger partial charge on any atom is 0.314 e. The fraction of sp³-hybridized carbons (Fsp3) is 0.867. The van der Waals surface area contributed by atoms with E-state index in [2.05, 4.69) is 15.5 Å². The van der Waals surface area contributed by atoms with Gasteiger partial charge in [0.2, 0.25) is 0 Å². The molecule has 6 heteroatoms. The van der Waals surface area contributed by atoms with Gasteiger partial charge < -0.3 is 20.6 Å². The topological polar surface area (TPSA) is 81.7 Å². The summed E-state index contributed by atoms with van der Waals surface area (Å²) in [6.07, 6.45) is 3.94. The zero-order valence-electron chi connectivity index (χ0n) is 13.6. The lowest BCUT2D eigenvalue weighted by atomic mass is 9.75. The Hall–Kier alpha value is -1.30. The van der Waals surface area contributed by atoms with Gasteiger partial charge in [-0.05, 0) is 45.7 Å². The maximum atomic E-state index is 11.8. The molecule has 1 saturated carbocycles. The minimum Gasteiger partial charge on any atom is -0.481 e. The molecular weight excluding hydrogens is 270 g/mol. The first kappa shape index (κ1) is 17.8. The number of nitrogens with zero attached hydrogens (tertiary/aromatic N) is 1. The van der Waals surface area contributed by atoms with Crippen LogP contribution in [0.5, 0.6) is 0 Å². The van der Waals surface area contributed by atoms with E-state index in [-0.39, 0.29) is 18.1 Å². The molecule has 1 aliphatic carbocycles. The van der Waals surface area contributed by atoms with Gasteiger partial charge in [0.1, 0.15) is 0 Å². The molecular formula is C15H29N3O3. The highest BCUT2D eigenvalue weighted by atomic mass is 16.4. The summed E-state index contributed by atoms with van der Waals surface area (Å²) in [5.74, 6) is -1.09. The van der Waals surface area contributed by atoms with Crippen molar-refractivity contribution in [2.45, 2.75) is 45.1 Å². The van der Waals surface area contributed by atoms with E-state index in [9.17, 15) is 9.59 Å². The SMILES string of the molecule is CC(C)CC(CNC(=O)NCC1(N(C)C)CCC1)C(=O)O. The van der Waals surface area contributed by atoms with Crippen LogP contribution < -0.4 is 10.6 Å². The minimum atomic E-state index is -0.854. The molecule has 21 heavy (non-hydrogen) atoms. The number of carboxylic acids is 1. The second kappa shape index (κ2) is 7.64. The normalized spacial score (nSPS) is 18.2. The van der Waals surface area contributed by atoms with Gasteiger partial charge in [-0.2, -0.15) is 0 Å². The van der Waals surface area contributed by atoms with Gasteiger partial charge in [-0.25, -0.2) is 4.79 Å². The predicted molar refractivity (Wildman–Crippen MR) is 82.3 cm³/mol. The summed E-state index contributed by atoms with van der Waals surface area (Å²) in [6.45, 7) is 4.74. The molecule has 1 rings (SSSR count). The van der Waals surface area contributed by atoms with E-state index >= 15 is 0 Å². The summed E-state index contributed by atoms with van der Waals surface area (Å²) in [5, 5.41) is 14.7. The number of hydrogen-bond donors (Lipinski definition) is 3. The van der Waals surface area contributed by atoms with E-state index in [0.29, 0.717) is 18.9 Å². The second-order valence-electron chi connectivity index (χ2n) is 6.70. The lowest BCUT2D eigenvalue weighted by Gasteiger charge is -2.47. The Morgan fingerprint density at radius 3 is 2.24 bits per heavy atom. The van der Waals surface area contributed by atoms with E-state index in [1.807, 2.05) is 27.9 Å². The Kier molecular flexibility index (Phi) is 6.45. The standard InChI is InChI=1S/C15H29N3O3/c1-11(2)8-12(13(19)20)9-16-14(21)17-10-15(18(3)4)6-5-7-15/h11-12H,5-10H2,1-4H3,(H,19,20)(H2,16,17,21). The summed E-state index contributed by atoms with van der Waals surface area (Å²) in [4.78, 5) is 25.1. The number of aliphatic carboxylic acids is 1. The molecule has 0 bridgehead atoms. The minimum absolute atomic E-state index is 0.0709. The zero-order valence-corrected chi connectivity index (χ0v) is 13.6. The van der Waals surface area contributed by atoms with Crippen molar-refractivity contribution in [2.24, 2.45) is 11.8 Å². The van der Waals surface area contributed by atoms with Crippen molar-refractivity contribution in [1.82, 2.24) is 15.5 Å². The molecule has 1 fully saturated rings. The van der Waals surface area contributed by atoms with E-state index in [4.69, 9.17) is 5.11 Å². The van der Waals surface area contributed by atoms with E-state index in [1.165, 1.54) is 6.42 Å². The van der Waals surface area contributed by atoms with Crippen LogP contribution in [0.15, 0.2) is 0 Å². The highest BCUT2D eigenvalue weighted by Crippen LogP contribution is 2.35. The van der Waals surface area contributed by atoms with Gasteiger partial charge in [-0.15, -0.1) is 0 Å². The highest BCUT2D eigenvalue weighted by molar-refractivity contribution is 5.75. The van der Waals surface area contributed by atoms with Crippen LogP contribution in [0.2, 0.25) is 0 Å². The van der Waals surface area contributed by atoms with Crippen molar-refractivity contribution in [3.8, 4) is 0 Å². The molecule has 0 aliphatic heterocycles. The van der Waals surface area contributed by atoms with Gasteiger partial charge in [-0.1, -0.05) is 13.8 Å². The number of amides is 2. The van der Waals surface area contributed by atoms with Crippen LogP contribution in [0.1, 0.15) is 39.5 Å². The highest BCUT2D eigenvalue weighted by Gasteiger charge is 2.39. The Labute approximate surface area is 127 Å². The largest absolute Gasteiger partial charge is 0.481 e. The number of likely N-dealkylation sites (N-methyl/N-ethyl adjacent to an activating group) is 1. The number of urea groups is 1. The van der Waals surface area contributed by atoms with E-state index < -0.39 is 11.9 Å². The summed E-state index contributed by atoms with van der Waals surface area (Å²) in [7, 11) is 4.06. The first-order valence-corrected chi connectivity index (χ1v) is 7.69. The third-order valence-electron chi connectivity index (χ3n) is 4.43. The number of nitrogens with one attached hydrogen (secondary N) is 2. The van der Waals surface area contributed by atoms with Crippen LogP contribution in [0.25, 0.3) is 0 Å². The summed E-state index contributed by atoms with van der Waals surface area (Å²) in [6, 6.07) is -0.280. The van der Waals surface area contributed by atoms with Crippen molar-refractivity contribution in [3.63, 3.8) is 0 Å². The number of rotatable bonds is 8. The first-order valence-electron chi connectivity index (χ1n) is 7.69. The molecule has 1 atom stereocenters. The molecule has 1 aliphatic rings. The average Bonchev–Trinajstić information content (AvgIpc) is 2.31. The molecule has 0 aromatic rings. The van der Waals surface area contributed by atoms with Crippen LogP contribution in [0.4, 0.5) is 4.79 Å². The molecule has 0 aromatic carbocycles. The van der Waals surface area contributed by atoms with Gasteiger partial charge in [0.25, 0.3) is 0 Å². The van der Waals surface area contributed by atoms with Crippen LogP contribution in [-0.4, -0.2) is 54.7 Å². The molecule has 0 spiro atoms. The molecule has 1 unspecified atom stereocenters. The molecule has 0 aromatic heterocycles. The monoisotopic (exact) mass is 299 g/mol. The summed E-state index contributed by atoms with van der Waals surface area (Å²) < 4.78 is 0. The molecule has 3 N–H and O–H groups in total.